The van der Waals surface area contributed by atoms with Crippen molar-refractivity contribution in [1.82, 2.24) is 45.1 Å². The van der Waals surface area contributed by atoms with Crippen LogP contribution in [-0.4, -0.2) is 143 Å². The third kappa shape index (κ3) is 16.7. The first kappa shape index (κ1) is 61.0. The number of benzene rings is 4. The number of nitrogens with one attached hydrogen (secondary N) is 3. The number of aromatic nitrogens is 2. The molecule has 1 aromatic heterocycles. The van der Waals surface area contributed by atoms with Crippen molar-refractivity contribution in [3.05, 3.63) is 136 Å². The number of hydrogen-bond acceptors (Lipinski definition) is 10. The van der Waals surface area contributed by atoms with Crippen LogP contribution in [-0.2, 0) is 61.7 Å². The van der Waals surface area contributed by atoms with Gasteiger partial charge in [-0.2, -0.15) is 0 Å². The van der Waals surface area contributed by atoms with Crippen molar-refractivity contribution in [3.8, 4) is 22.8 Å². The van der Waals surface area contributed by atoms with Gasteiger partial charge in [-0.25, -0.2) is 4.98 Å². The van der Waals surface area contributed by atoms with E-state index in [4.69, 9.17) is 21.1 Å². The van der Waals surface area contributed by atoms with Crippen LogP contribution in [0.4, 0.5) is 0 Å². The molecule has 2 heterocycles. The molecule has 3 N–H and O–H groups in total. The highest BCUT2D eigenvalue weighted by Gasteiger charge is 2.40. The lowest BCUT2D eigenvalue weighted by atomic mass is 9.87. The monoisotopic (exact) mass is 1110 g/mol. The molecule has 4 aromatic carbocycles. The van der Waals surface area contributed by atoms with Crippen LogP contribution in [0.1, 0.15) is 100 Å². The molecular formula is C63H84ClN9O7. The van der Waals surface area contributed by atoms with E-state index in [0.717, 1.165) is 46.6 Å². The summed E-state index contributed by atoms with van der Waals surface area (Å²) in [5.74, 6) is -0.973. The first-order valence-electron chi connectivity index (χ1n) is 28.2. The van der Waals surface area contributed by atoms with Crippen LogP contribution in [0.25, 0.3) is 11.3 Å². The Morgan fingerprint density at radius 1 is 0.812 bits per heavy atom. The summed E-state index contributed by atoms with van der Waals surface area (Å²) in [6.45, 7) is 9.10. The first-order valence-corrected chi connectivity index (χ1v) is 28.5. The third-order valence-corrected chi connectivity index (χ3v) is 15.7. The summed E-state index contributed by atoms with van der Waals surface area (Å²) in [4.78, 5) is 87.6. The van der Waals surface area contributed by atoms with Gasteiger partial charge in [0.2, 0.25) is 29.5 Å². The fourth-order valence-corrected chi connectivity index (χ4v) is 11.2. The number of methoxy groups -OCH3 is 1. The molecule has 1 saturated heterocycles. The zero-order valence-electron chi connectivity index (χ0n) is 48.6. The van der Waals surface area contributed by atoms with Gasteiger partial charge in [-0.05, 0) is 134 Å². The summed E-state index contributed by atoms with van der Waals surface area (Å²) in [6.07, 6.45) is 5.90. The molecule has 80 heavy (non-hydrogen) atoms. The number of likely N-dealkylation sites (N-methyl/N-ethyl adjacent to an activating group) is 2. The lowest BCUT2D eigenvalue weighted by molar-refractivity contribution is -0.148. The highest BCUT2D eigenvalue weighted by Crippen LogP contribution is 2.34. The molecule has 0 radical (unpaired) electrons. The van der Waals surface area contributed by atoms with Crippen LogP contribution < -0.4 is 20.7 Å². The molecule has 1 saturated carbocycles. The number of hydrogen-bond donors (Lipinski definition) is 3. The van der Waals surface area contributed by atoms with Gasteiger partial charge in [0.15, 0.2) is 0 Å². The maximum Gasteiger partial charge on any atom is 0.247 e. The Morgan fingerprint density at radius 3 is 2.20 bits per heavy atom. The number of carbonyl (C=O) groups excluding carboxylic acids is 5. The minimum Gasteiger partial charge on any atom is -0.457 e. The van der Waals surface area contributed by atoms with Gasteiger partial charge < -0.3 is 49.6 Å². The van der Waals surface area contributed by atoms with Crippen LogP contribution in [0, 0.1) is 12.8 Å². The van der Waals surface area contributed by atoms with Gasteiger partial charge in [-0.1, -0.05) is 90.7 Å². The maximum absolute atomic E-state index is 15.8. The molecule has 6 atom stereocenters. The summed E-state index contributed by atoms with van der Waals surface area (Å²) in [5, 5.41) is 10.3. The van der Waals surface area contributed by atoms with E-state index >= 15 is 19.2 Å². The van der Waals surface area contributed by atoms with Crippen LogP contribution in [0.15, 0.2) is 103 Å². The number of aryl methyl sites for hydroxylation is 1. The van der Waals surface area contributed by atoms with E-state index in [9.17, 15) is 4.79 Å². The Bertz CT molecular complexity index is 2870. The van der Waals surface area contributed by atoms with E-state index in [-0.39, 0.29) is 68.3 Å². The molecule has 17 heteroatoms. The fourth-order valence-electron chi connectivity index (χ4n) is 11.0. The average Bonchev–Trinajstić information content (AvgIpc) is 3.78. The summed E-state index contributed by atoms with van der Waals surface area (Å²) in [6, 6.07) is 26.8. The molecule has 2 fully saturated rings. The quantitative estimate of drug-likeness (QED) is 0.0768. The number of halogens is 1. The lowest BCUT2D eigenvalue weighted by Gasteiger charge is -2.40. The predicted octanol–water partition coefficient (Wildman–Crippen LogP) is 8.51. The van der Waals surface area contributed by atoms with E-state index in [1.54, 1.807) is 47.0 Å². The van der Waals surface area contributed by atoms with Gasteiger partial charge >= 0.3 is 0 Å². The summed E-state index contributed by atoms with van der Waals surface area (Å²) in [5.41, 5.74) is 5.10. The minimum absolute atomic E-state index is 0.0229. The van der Waals surface area contributed by atoms with Crippen molar-refractivity contribution in [1.29, 1.82) is 0 Å². The smallest absolute Gasteiger partial charge is 0.247 e. The van der Waals surface area contributed by atoms with Crippen LogP contribution in [0.3, 0.4) is 0 Å². The first-order chi connectivity index (χ1) is 38.2. The molecule has 2 aliphatic rings. The highest BCUT2D eigenvalue weighted by atomic mass is 35.5. The summed E-state index contributed by atoms with van der Waals surface area (Å²) in [7, 11) is 10.9. The number of ether oxygens (including phenoxy) is 2. The van der Waals surface area contributed by atoms with E-state index < -0.39 is 41.8 Å². The van der Waals surface area contributed by atoms with Gasteiger partial charge in [-0.3, -0.25) is 24.0 Å². The summed E-state index contributed by atoms with van der Waals surface area (Å²) >= 11 is 6.74. The largest absolute Gasteiger partial charge is 0.457 e. The number of imidazole rings is 1. The molecule has 16 nitrogen and oxygen atoms in total. The second-order valence-corrected chi connectivity index (χ2v) is 23.6. The standard InChI is InChI=1S/C63H84ClN9O7/c1-42-22-24-44(25-23-42)34-49-37-58(74)67-51-19-14-15-20-53(51)72(9)61(77)47(33-43-17-12-11-13-18-43)35-59(75)73(54(21-16-32-66-63(2,3)4)60(76)68-52(41-79-10)62(78)70(49)7)39-46-26-29-48(64)36-56(46)80-50-30-27-45(28-31-50)55-38-65-57(71(55)8)40-69(5)6/h11-13,17-18,22-31,36,38,47,49,51-54,66H,14-16,19-21,32-35,37,39-41H2,1-10H3,(H,67,74)(H,68,76)/t47-,49+,51+,52+,53+,54+/m1/s1. The Kier molecular flexibility index (Phi) is 21.5. The van der Waals surface area contributed by atoms with E-state index in [2.05, 4.69) is 51.2 Å². The van der Waals surface area contributed by atoms with Gasteiger partial charge in [-0.15, -0.1) is 0 Å². The summed E-state index contributed by atoms with van der Waals surface area (Å²) < 4.78 is 14.4. The molecule has 0 spiro atoms. The minimum atomic E-state index is -1.20. The normalized spacial score (nSPS) is 21.2. The lowest BCUT2D eigenvalue weighted by Crippen LogP contribution is -2.59. The number of fused-ring (bicyclic) bond motifs is 1. The molecule has 5 aromatic rings. The molecular weight excluding hydrogens is 1030 g/mol. The van der Waals surface area contributed by atoms with Gasteiger partial charge in [0.1, 0.15) is 29.4 Å². The van der Waals surface area contributed by atoms with Crippen molar-refractivity contribution in [2.75, 3.05) is 48.5 Å². The second kappa shape index (κ2) is 28.2. The van der Waals surface area contributed by atoms with Gasteiger partial charge in [0.05, 0.1) is 43.5 Å². The van der Waals surface area contributed by atoms with Crippen LogP contribution in [0.2, 0.25) is 5.02 Å². The van der Waals surface area contributed by atoms with Gasteiger partial charge in [0, 0.05) is 74.9 Å². The predicted molar refractivity (Wildman–Crippen MR) is 314 cm³/mol. The molecule has 430 valence electrons. The molecule has 5 amide bonds. The average molecular weight is 1110 g/mol. The molecule has 0 bridgehead atoms. The van der Waals surface area contributed by atoms with Crippen LogP contribution >= 0.6 is 11.6 Å². The van der Waals surface area contributed by atoms with Crippen molar-refractivity contribution in [2.24, 2.45) is 13.0 Å². The van der Waals surface area contributed by atoms with E-state index in [1.807, 2.05) is 113 Å². The number of amides is 5. The van der Waals surface area contributed by atoms with E-state index in [0.29, 0.717) is 60.9 Å². The Balaban J connectivity index is 1.32. The highest BCUT2D eigenvalue weighted by molar-refractivity contribution is 6.30. The van der Waals surface area contributed by atoms with E-state index in [1.165, 1.54) is 7.11 Å². The van der Waals surface area contributed by atoms with Crippen molar-refractivity contribution in [3.63, 3.8) is 0 Å². The van der Waals surface area contributed by atoms with Crippen molar-refractivity contribution < 1.29 is 33.4 Å². The van der Waals surface area contributed by atoms with Crippen LogP contribution in [0.5, 0.6) is 11.5 Å². The molecule has 1 aliphatic carbocycles. The Hall–Kier alpha value is -6.59. The van der Waals surface area contributed by atoms with Crippen molar-refractivity contribution in [2.45, 2.75) is 141 Å². The number of carbonyl (C=O) groups is 5. The van der Waals surface area contributed by atoms with Gasteiger partial charge in [0.25, 0.3) is 0 Å². The van der Waals surface area contributed by atoms with Crippen molar-refractivity contribution >= 4 is 41.1 Å². The maximum atomic E-state index is 15.8. The number of nitrogens with zero attached hydrogens (tertiary/aromatic N) is 6. The zero-order chi connectivity index (χ0) is 57.7. The topological polar surface area (TPSA) is 171 Å². The fraction of sp³-hybridized carbons (Fsp3) is 0.492. The molecule has 1 aliphatic heterocycles. The zero-order valence-corrected chi connectivity index (χ0v) is 49.4. The molecule has 0 unspecified atom stereocenters. The third-order valence-electron chi connectivity index (χ3n) is 15.5. The molecule has 7 rings (SSSR count). The SMILES string of the molecule is COC[C@@H]1NC(=O)[C@H](CCCNC(C)(C)C)N(Cc2ccc(Cl)cc2Oc2ccc(-c3cnc(CN(C)C)n3C)cc2)C(=O)C[C@@H](Cc2ccccc2)C(=O)N(C)[C@H]2CCCC[C@@H]2NC(=O)C[C@H](Cc2ccc(C)cc2)N(C)C1=O. The Labute approximate surface area is 478 Å². The second-order valence-electron chi connectivity index (χ2n) is 23.2. The Morgan fingerprint density at radius 2 is 1.51 bits per heavy atom. The number of rotatable bonds is 17.